The van der Waals surface area contributed by atoms with Gasteiger partial charge < -0.3 is 15.0 Å². The fourth-order valence-electron chi connectivity index (χ4n) is 2.64. The fourth-order valence-corrected chi connectivity index (χ4v) is 3.47. The summed E-state index contributed by atoms with van der Waals surface area (Å²) in [7, 11) is 0. The SMILES string of the molecule is C[C@H]1CNCCN1C(=O)Cc1csc(COc2ccc(Cl)cc2)n1.Cl.Cl. The van der Waals surface area contributed by atoms with Crippen LogP contribution < -0.4 is 10.1 Å². The summed E-state index contributed by atoms with van der Waals surface area (Å²) in [5, 5.41) is 6.77. The van der Waals surface area contributed by atoms with E-state index in [1.165, 1.54) is 11.3 Å². The predicted molar refractivity (Wildman–Crippen MR) is 110 cm³/mol. The van der Waals surface area contributed by atoms with E-state index in [9.17, 15) is 4.79 Å². The summed E-state index contributed by atoms with van der Waals surface area (Å²) in [4.78, 5) is 18.9. The number of benzene rings is 1. The van der Waals surface area contributed by atoms with Crippen molar-refractivity contribution in [2.45, 2.75) is 26.0 Å². The molecule has 3 rings (SSSR count). The maximum atomic E-state index is 12.4. The van der Waals surface area contributed by atoms with Gasteiger partial charge in [-0.3, -0.25) is 4.79 Å². The average molecular weight is 439 g/mol. The number of nitrogens with zero attached hydrogens (tertiary/aromatic N) is 2. The van der Waals surface area contributed by atoms with Gasteiger partial charge in [0.15, 0.2) is 0 Å². The summed E-state index contributed by atoms with van der Waals surface area (Å²) in [6.07, 6.45) is 0.349. The van der Waals surface area contributed by atoms with Gasteiger partial charge in [0.2, 0.25) is 5.91 Å². The van der Waals surface area contributed by atoms with Gasteiger partial charge in [0.05, 0.1) is 12.1 Å². The van der Waals surface area contributed by atoms with Gasteiger partial charge in [0.25, 0.3) is 0 Å². The Balaban J connectivity index is 0.00000169. The Bertz CT molecular complexity index is 697. The van der Waals surface area contributed by atoms with Gasteiger partial charge >= 0.3 is 0 Å². The second kappa shape index (κ2) is 10.9. The first-order chi connectivity index (χ1) is 11.6. The minimum atomic E-state index is 0. The maximum Gasteiger partial charge on any atom is 0.228 e. The summed E-state index contributed by atoms with van der Waals surface area (Å²) >= 11 is 7.37. The molecule has 1 fully saturated rings. The van der Waals surface area contributed by atoms with Crippen molar-refractivity contribution in [3.63, 3.8) is 0 Å². The highest BCUT2D eigenvalue weighted by molar-refractivity contribution is 7.09. The minimum absolute atomic E-state index is 0. The number of carbonyl (C=O) groups excluding carboxylic acids is 1. The van der Waals surface area contributed by atoms with Gasteiger partial charge in [-0.15, -0.1) is 36.2 Å². The second-order valence-electron chi connectivity index (χ2n) is 5.79. The van der Waals surface area contributed by atoms with Gasteiger partial charge in [-0.1, -0.05) is 11.6 Å². The van der Waals surface area contributed by atoms with E-state index in [0.717, 1.165) is 36.1 Å². The molecule has 1 amide bonds. The largest absolute Gasteiger partial charge is 0.486 e. The van der Waals surface area contributed by atoms with Crippen LogP contribution in [0.3, 0.4) is 0 Å². The van der Waals surface area contributed by atoms with Crippen LogP contribution in [0.15, 0.2) is 29.6 Å². The first-order valence-corrected chi connectivity index (χ1v) is 9.19. The lowest BCUT2D eigenvalue weighted by atomic mass is 10.2. The molecule has 1 aliphatic heterocycles. The van der Waals surface area contributed by atoms with Crippen LogP contribution in [0.5, 0.6) is 5.75 Å². The Labute approximate surface area is 174 Å². The highest BCUT2D eigenvalue weighted by atomic mass is 35.5. The molecule has 0 saturated carbocycles. The Hall–Kier alpha value is -1.05. The third kappa shape index (κ3) is 6.28. The molecule has 1 aromatic carbocycles. The van der Waals surface area contributed by atoms with Gasteiger partial charge in [0, 0.05) is 36.1 Å². The van der Waals surface area contributed by atoms with Crippen LogP contribution in [0, 0.1) is 0 Å². The van der Waals surface area contributed by atoms with Crippen LogP contribution in [-0.2, 0) is 17.8 Å². The number of carbonyl (C=O) groups is 1. The molecule has 5 nitrogen and oxygen atoms in total. The minimum Gasteiger partial charge on any atom is -0.486 e. The number of nitrogens with one attached hydrogen (secondary N) is 1. The van der Waals surface area contributed by atoms with Crippen LogP contribution in [0.2, 0.25) is 5.02 Å². The molecule has 2 heterocycles. The zero-order chi connectivity index (χ0) is 16.9. The van der Waals surface area contributed by atoms with E-state index in [1.807, 2.05) is 22.4 Å². The standard InChI is InChI=1S/C17H20ClN3O2S.2ClH/c1-12-9-19-6-7-21(12)17(22)8-14-11-24-16(20-14)10-23-15-4-2-13(18)3-5-15;;/h2-5,11-12,19H,6-10H2,1H3;2*1H/t12-;;/m0../s1. The van der Waals surface area contributed by atoms with Crippen LogP contribution in [-0.4, -0.2) is 41.5 Å². The smallest absolute Gasteiger partial charge is 0.228 e. The van der Waals surface area contributed by atoms with E-state index >= 15 is 0 Å². The topological polar surface area (TPSA) is 54.5 Å². The molecule has 144 valence electrons. The molecule has 1 aromatic heterocycles. The first kappa shape index (κ1) is 23.0. The van der Waals surface area contributed by atoms with Gasteiger partial charge in [-0.2, -0.15) is 0 Å². The number of thiazole rings is 1. The van der Waals surface area contributed by atoms with Crippen LogP contribution in [0.25, 0.3) is 0 Å². The first-order valence-electron chi connectivity index (χ1n) is 7.93. The molecule has 26 heavy (non-hydrogen) atoms. The second-order valence-corrected chi connectivity index (χ2v) is 7.17. The fraction of sp³-hybridized carbons (Fsp3) is 0.412. The van der Waals surface area contributed by atoms with Crippen molar-refractivity contribution < 1.29 is 9.53 Å². The highest BCUT2D eigenvalue weighted by Crippen LogP contribution is 2.18. The average Bonchev–Trinajstić information content (AvgIpc) is 3.02. The van der Waals surface area contributed by atoms with Crippen LogP contribution in [0.1, 0.15) is 17.6 Å². The molecule has 1 aliphatic rings. The summed E-state index contributed by atoms with van der Waals surface area (Å²) in [6.45, 7) is 4.92. The molecule has 1 saturated heterocycles. The Kier molecular flexibility index (Phi) is 9.68. The Morgan fingerprint density at radius 2 is 2.12 bits per heavy atom. The number of hydrogen-bond acceptors (Lipinski definition) is 5. The molecule has 9 heteroatoms. The Morgan fingerprint density at radius 3 is 2.81 bits per heavy atom. The Morgan fingerprint density at radius 1 is 1.38 bits per heavy atom. The van der Waals surface area contributed by atoms with E-state index in [4.69, 9.17) is 16.3 Å². The van der Waals surface area contributed by atoms with E-state index in [0.29, 0.717) is 18.1 Å². The highest BCUT2D eigenvalue weighted by Gasteiger charge is 2.23. The van der Waals surface area contributed by atoms with E-state index in [-0.39, 0.29) is 36.8 Å². The molecule has 1 atom stereocenters. The van der Waals surface area contributed by atoms with Crippen molar-refractivity contribution in [2.24, 2.45) is 0 Å². The molecular formula is C17H22Cl3N3O2S. The van der Waals surface area contributed by atoms with Crippen molar-refractivity contribution in [3.05, 3.63) is 45.4 Å². The number of piperazine rings is 1. The van der Waals surface area contributed by atoms with Crippen molar-refractivity contribution in [3.8, 4) is 5.75 Å². The van der Waals surface area contributed by atoms with E-state index in [1.54, 1.807) is 12.1 Å². The van der Waals surface area contributed by atoms with Crippen molar-refractivity contribution in [1.29, 1.82) is 0 Å². The molecule has 1 N–H and O–H groups in total. The molecule has 0 bridgehead atoms. The van der Waals surface area contributed by atoms with Crippen LogP contribution in [0.4, 0.5) is 0 Å². The number of rotatable bonds is 5. The zero-order valence-electron chi connectivity index (χ0n) is 14.3. The molecule has 0 spiro atoms. The van der Waals surface area contributed by atoms with Gasteiger partial charge in [0.1, 0.15) is 17.4 Å². The molecule has 0 aliphatic carbocycles. The molecule has 0 radical (unpaired) electrons. The third-order valence-electron chi connectivity index (χ3n) is 3.93. The van der Waals surface area contributed by atoms with Crippen molar-refractivity contribution in [2.75, 3.05) is 19.6 Å². The predicted octanol–water partition coefficient (Wildman–Crippen LogP) is 3.58. The molecule has 2 aromatic rings. The monoisotopic (exact) mass is 437 g/mol. The van der Waals surface area contributed by atoms with Crippen molar-refractivity contribution in [1.82, 2.24) is 15.2 Å². The number of hydrogen-bond donors (Lipinski definition) is 1. The summed E-state index contributed by atoms with van der Waals surface area (Å²) in [5.74, 6) is 0.890. The normalized spacial score (nSPS) is 16.4. The lowest BCUT2D eigenvalue weighted by Gasteiger charge is -2.33. The quantitative estimate of drug-likeness (QED) is 0.775. The van der Waals surface area contributed by atoms with Crippen LogP contribution >= 0.6 is 47.8 Å². The number of aromatic nitrogens is 1. The summed E-state index contributed by atoms with van der Waals surface area (Å²) in [6, 6.07) is 7.46. The number of amides is 1. The van der Waals surface area contributed by atoms with E-state index in [2.05, 4.69) is 17.2 Å². The lowest BCUT2D eigenvalue weighted by molar-refractivity contribution is -0.133. The third-order valence-corrected chi connectivity index (χ3v) is 5.05. The van der Waals surface area contributed by atoms with Crippen molar-refractivity contribution >= 4 is 53.7 Å². The number of ether oxygens (including phenoxy) is 1. The lowest BCUT2D eigenvalue weighted by Crippen LogP contribution is -2.52. The molecule has 0 unspecified atom stereocenters. The summed E-state index contributed by atoms with van der Waals surface area (Å²) < 4.78 is 5.68. The maximum absolute atomic E-state index is 12.4. The van der Waals surface area contributed by atoms with E-state index < -0.39 is 0 Å². The van der Waals surface area contributed by atoms with Gasteiger partial charge in [-0.05, 0) is 31.2 Å². The number of halogens is 3. The summed E-state index contributed by atoms with van der Waals surface area (Å²) in [5.41, 5.74) is 0.811. The molecular weight excluding hydrogens is 417 g/mol. The van der Waals surface area contributed by atoms with Gasteiger partial charge in [-0.25, -0.2) is 4.98 Å². The zero-order valence-corrected chi connectivity index (χ0v) is 17.5.